The highest BCUT2D eigenvalue weighted by molar-refractivity contribution is 5.91. The zero-order chi connectivity index (χ0) is 14.8. The van der Waals surface area contributed by atoms with Crippen LogP contribution < -0.4 is 9.64 Å². The predicted octanol–water partition coefficient (Wildman–Crippen LogP) is 4.13. The summed E-state index contributed by atoms with van der Waals surface area (Å²) in [6.07, 6.45) is -0.921. The second kappa shape index (κ2) is 5.58. The van der Waals surface area contributed by atoms with Crippen molar-refractivity contribution in [2.45, 2.75) is 26.2 Å². The summed E-state index contributed by atoms with van der Waals surface area (Å²) in [5.41, 5.74) is 1.61. The molecule has 0 saturated carbocycles. The van der Waals surface area contributed by atoms with Gasteiger partial charge in [0.25, 0.3) is 0 Å². The molecule has 0 bridgehead atoms. The number of benzene rings is 2. The average molecular weight is 283 g/mol. The molecule has 1 unspecified atom stereocenters. The Labute approximate surface area is 123 Å². The van der Waals surface area contributed by atoms with Gasteiger partial charge in [-0.2, -0.15) is 0 Å². The van der Waals surface area contributed by atoms with E-state index in [1.54, 1.807) is 11.0 Å². The fourth-order valence-electron chi connectivity index (χ4n) is 2.38. The number of anilines is 1. The predicted molar refractivity (Wildman–Crippen MR) is 80.3 cm³/mol. The Morgan fingerprint density at radius 3 is 2.43 bits per heavy atom. The zero-order valence-corrected chi connectivity index (χ0v) is 12.0. The number of ether oxygens (including phenoxy) is 2. The maximum absolute atomic E-state index is 12.4. The first-order valence-corrected chi connectivity index (χ1v) is 6.97. The number of fused-ring (bicyclic) bond motifs is 1. The van der Waals surface area contributed by atoms with E-state index in [2.05, 4.69) is 0 Å². The Hall–Kier alpha value is -2.33. The normalized spacial score (nSPS) is 17.6. The minimum Gasteiger partial charge on any atom is -0.409 e. The summed E-state index contributed by atoms with van der Waals surface area (Å²) in [7, 11) is 0. The van der Waals surface area contributed by atoms with Crippen molar-refractivity contribution in [2.75, 3.05) is 4.90 Å². The van der Waals surface area contributed by atoms with Crippen LogP contribution in [0.15, 0.2) is 54.6 Å². The lowest BCUT2D eigenvalue weighted by molar-refractivity contribution is 0.000793. The molecule has 0 fully saturated rings. The van der Waals surface area contributed by atoms with Crippen LogP contribution in [0.1, 0.15) is 25.6 Å². The Bertz CT molecular complexity index is 639. The van der Waals surface area contributed by atoms with Gasteiger partial charge in [0.2, 0.25) is 0 Å². The van der Waals surface area contributed by atoms with Crippen LogP contribution in [0.25, 0.3) is 0 Å². The number of carbonyl (C=O) groups is 1. The fraction of sp³-hybridized carbons (Fsp3) is 0.235. The van der Waals surface area contributed by atoms with E-state index in [1.165, 1.54) is 0 Å². The summed E-state index contributed by atoms with van der Waals surface area (Å²) in [6, 6.07) is 16.9. The minimum absolute atomic E-state index is 0.0137. The molecule has 21 heavy (non-hydrogen) atoms. The lowest BCUT2D eigenvalue weighted by Crippen LogP contribution is -2.43. The molecule has 0 aliphatic carbocycles. The van der Waals surface area contributed by atoms with Crippen molar-refractivity contribution >= 4 is 11.8 Å². The summed E-state index contributed by atoms with van der Waals surface area (Å²) < 4.78 is 11.4. The van der Waals surface area contributed by atoms with Gasteiger partial charge in [0.1, 0.15) is 5.75 Å². The second-order valence-electron chi connectivity index (χ2n) is 5.15. The van der Waals surface area contributed by atoms with Crippen LogP contribution >= 0.6 is 0 Å². The smallest absolute Gasteiger partial charge is 0.409 e. The van der Waals surface area contributed by atoms with Crippen LogP contribution in [0.3, 0.4) is 0 Å². The van der Waals surface area contributed by atoms with Crippen molar-refractivity contribution in [3.8, 4) is 5.75 Å². The van der Waals surface area contributed by atoms with E-state index in [9.17, 15) is 4.79 Å². The molecular weight excluding hydrogens is 266 g/mol. The van der Waals surface area contributed by atoms with Crippen LogP contribution in [-0.4, -0.2) is 12.2 Å². The van der Waals surface area contributed by atoms with Crippen molar-refractivity contribution in [3.63, 3.8) is 0 Å². The Morgan fingerprint density at radius 2 is 1.71 bits per heavy atom. The third-order valence-corrected chi connectivity index (χ3v) is 3.25. The molecule has 0 saturated heterocycles. The average Bonchev–Trinajstić information content (AvgIpc) is 2.47. The van der Waals surface area contributed by atoms with Crippen molar-refractivity contribution in [2.24, 2.45) is 0 Å². The summed E-state index contributed by atoms with van der Waals surface area (Å²) in [5, 5.41) is 0. The van der Waals surface area contributed by atoms with E-state index in [1.807, 2.05) is 62.4 Å². The molecule has 3 rings (SSSR count). The van der Waals surface area contributed by atoms with Crippen molar-refractivity contribution in [1.29, 1.82) is 0 Å². The van der Waals surface area contributed by atoms with Gasteiger partial charge in [-0.1, -0.05) is 36.4 Å². The second-order valence-corrected chi connectivity index (χ2v) is 5.15. The Balaban J connectivity index is 2.07. The number of amides is 1. The lowest BCUT2D eigenvalue weighted by Gasteiger charge is -2.36. The quantitative estimate of drug-likeness (QED) is 0.850. The number of carbonyl (C=O) groups excluding carboxylic acids is 1. The highest BCUT2D eigenvalue weighted by atomic mass is 16.6. The number of hydrogen-bond acceptors (Lipinski definition) is 3. The summed E-state index contributed by atoms with van der Waals surface area (Å²) >= 11 is 0. The summed E-state index contributed by atoms with van der Waals surface area (Å²) in [6.45, 7) is 3.90. The maximum Gasteiger partial charge on any atom is 0.422 e. The van der Waals surface area contributed by atoms with Gasteiger partial charge in [-0.15, -0.1) is 0 Å². The standard InChI is InChI=1S/C17H17NO3/c1-12(2)20-16-14-10-6-7-11-15(14)21-17(19)18(16)13-8-4-3-5-9-13/h3-12,16H,1-2H3. The number of nitrogens with zero attached hydrogens (tertiary/aromatic N) is 1. The SMILES string of the molecule is CC(C)OC1c2ccccc2OC(=O)N1c1ccccc1. The van der Waals surface area contributed by atoms with Gasteiger partial charge in [-0.05, 0) is 32.0 Å². The van der Waals surface area contributed by atoms with E-state index in [-0.39, 0.29) is 6.10 Å². The molecule has 1 heterocycles. The molecule has 1 aliphatic rings. The van der Waals surface area contributed by atoms with E-state index < -0.39 is 12.3 Å². The van der Waals surface area contributed by atoms with Gasteiger partial charge in [0.05, 0.1) is 11.8 Å². The molecule has 1 aliphatic heterocycles. The van der Waals surface area contributed by atoms with Gasteiger partial charge < -0.3 is 9.47 Å². The Morgan fingerprint density at radius 1 is 1.05 bits per heavy atom. The summed E-state index contributed by atoms with van der Waals surface area (Å²) in [5.74, 6) is 0.556. The number of hydrogen-bond donors (Lipinski definition) is 0. The fourth-order valence-corrected chi connectivity index (χ4v) is 2.38. The highest BCUT2D eigenvalue weighted by Crippen LogP contribution is 2.38. The van der Waals surface area contributed by atoms with E-state index in [0.717, 1.165) is 11.3 Å². The zero-order valence-electron chi connectivity index (χ0n) is 12.0. The summed E-state index contributed by atoms with van der Waals surface area (Å²) in [4.78, 5) is 13.9. The Kier molecular flexibility index (Phi) is 3.62. The molecule has 1 atom stereocenters. The first kappa shape index (κ1) is 13.6. The van der Waals surface area contributed by atoms with Gasteiger partial charge in [-0.3, -0.25) is 0 Å². The van der Waals surface area contributed by atoms with Crippen LogP contribution in [0.5, 0.6) is 5.75 Å². The minimum atomic E-state index is -0.482. The van der Waals surface area contributed by atoms with Gasteiger partial charge >= 0.3 is 6.09 Å². The third-order valence-electron chi connectivity index (χ3n) is 3.25. The van der Waals surface area contributed by atoms with Crippen molar-refractivity contribution < 1.29 is 14.3 Å². The molecule has 4 heteroatoms. The first-order valence-electron chi connectivity index (χ1n) is 6.97. The molecule has 2 aromatic carbocycles. The molecule has 1 amide bonds. The molecule has 0 aromatic heterocycles. The lowest BCUT2D eigenvalue weighted by atomic mass is 10.1. The third kappa shape index (κ3) is 2.62. The number of rotatable bonds is 3. The highest BCUT2D eigenvalue weighted by Gasteiger charge is 2.36. The van der Waals surface area contributed by atoms with Gasteiger partial charge in [0, 0.05) is 5.56 Å². The molecule has 0 radical (unpaired) electrons. The van der Waals surface area contributed by atoms with E-state index in [0.29, 0.717) is 5.75 Å². The van der Waals surface area contributed by atoms with Gasteiger partial charge in [0.15, 0.2) is 6.23 Å². The molecule has 4 nitrogen and oxygen atoms in total. The largest absolute Gasteiger partial charge is 0.422 e. The maximum atomic E-state index is 12.4. The molecule has 2 aromatic rings. The van der Waals surface area contributed by atoms with E-state index in [4.69, 9.17) is 9.47 Å². The molecular formula is C17H17NO3. The van der Waals surface area contributed by atoms with Crippen molar-refractivity contribution in [3.05, 3.63) is 60.2 Å². The van der Waals surface area contributed by atoms with E-state index >= 15 is 0 Å². The van der Waals surface area contributed by atoms with Crippen LogP contribution in [0.2, 0.25) is 0 Å². The molecule has 0 N–H and O–H groups in total. The first-order chi connectivity index (χ1) is 10.2. The topological polar surface area (TPSA) is 38.8 Å². The van der Waals surface area contributed by atoms with Crippen LogP contribution in [-0.2, 0) is 4.74 Å². The monoisotopic (exact) mass is 283 g/mol. The molecule has 108 valence electrons. The van der Waals surface area contributed by atoms with Crippen LogP contribution in [0.4, 0.5) is 10.5 Å². The van der Waals surface area contributed by atoms with Crippen molar-refractivity contribution in [1.82, 2.24) is 0 Å². The van der Waals surface area contributed by atoms with Crippen LogP contribution in [0, 0.1) is 0 Å². The molecule has 0 spiro atoms. The number of para-hydroxylation sites is 2. The van der Waals surface area contributed by atoms with Gasteiger partial charge in [-0.25, -0.2) is 9.69 Å².